The van der Waals surface area contributed by atoms with Crippen molar-refractivity contribution in [3.8, 4) is 10.4 Å². The molecule has 0 N–H and O–H groups in total. The molecule has 0 bridgehead atoms. The van der Waals surface area contributed by atoms with Gasteiger partial charge >= 0.3 is 0 Å². The number of benzene rings is 1. The topological polar surface area (TPSA) is 42.7 Å². The third-order valence-electron chi connectivity index (χ3n) is 5.02. The molecule has 3 aromatic heterocycles. The van der Waals surface area contributed by atoms with Gasteiger partial charge in [-0.15, -0.1) is 16.4 Å². The molecule has 0 saturated carbocycles. The number of hydrogen-bond donors (Lipinski definition) is 0. The van der Waals surface area contributed by atoms with Crippen molar-refractivity contribution in [2.24, 2.45) is 0 Å². The Morgan fingerprint density at radius 3 is 2.86 bits per heavy atom. The molecular weight excluding hydrogens is 375 g/mol. The monoisotopic (exact) mass is 394 g/mol. The molecule has 1 aliphatic rings. The van der Waals surface area contributed by atoms with Crippen LogP contribution in [0.5, 0.6) is 0 Å². The number of pyridine rings is 1. The fraction of sp³-hybridized carbons (Fsp3) is 0.238. The molecule has 1 aromatic carbocycles. The highest BCUT2D eigenvalue weighted by Gasteiger charge is 2.26. The Bertz CT molecular complexity index is 1080. The summed E-state index contributed by atoms with van der Waals surface area (Å²) in [7, 11) is 0. The van der Waals surface area contributed by atoms with Gasteiger partial charge in [-0.1, -0.05) is 23.4 Å². The summed E-state index contributed by atoms with van der Waals surface area (Å²) in [5.74, 6) is -0.207. The highest BCUT2D eigenvalue weighted by Crippen LogP contribution is 2.28. The van der Waals surface area contributed by atoms with E-state index < -0.39 is 0 Å². The zero-order chi connectivity index (χ0) is 18.9. The molecule has 4 aromatic rings. The van der Waals surface area contributed by atoms with Gasteiger partial charge in [0.2, 0.25) is 0 Å². The Labute approximate surface area is 166 Å². The minimum atomic E-state index is -0.207. The zero-order valence-corrected chi connectivity index (χ0v) is 16.0. The predicted octanol–water partition coefficient (Wildman–Crippen LogP) is 4.17. The van der Waals surface area contributed by atoms with E-state index in [-0.39, 0.29) is 11.9 Å². The van der Waals surface area contributed by atoms with Crippen LogP contribution < -0.4 is 0 Å². The first-order chi connectivity index (χ1) is 13.8. The highest BCUT2D eigenvalue weighted by atomic mass is 32.1. The average Bonchev–Trinajstić information content (AvgIpc) is 3.39. The van der Waals surface area contributed by atoms with Gasteiger partial charge in [0.25, 0.3) is 0 Å². The van der Waals surface area contributed by atoms with Crippen LogP contribution in [0.3, 0.4) is 0 Å². The van der Waals surface area contributed by atoms with Crippen molar-refractivity contribution in [3.63, 3.8) is 0 Å². The van der Waals surface area contributed by atoms with Crippen molar-refractivity contribution < 1.29 is 9.13 Å². The molecule has 0 aliphatic carbocycles. The second kappa shape index (κ2) is 7.43. The van der Waals surface area contributed by atoms with E-state index in [9.17, 15) is 4.39 Å². The maximum Gasteiger partial charge on any atom is 0.123 e. The van der Waals surface area contributed by atoms with Crippen LogP contribution >= 0.6 is 11.3 Å². The largest absolute Gasteiger partial charge is 0.369 e. The normalized spacial score (nSPS) is 18.0. The molecule has 0 spiro atoms. The van der Waals surface area contributed by atoms with Gasteiger partial charge in [-0.3, -0.25) is 4.90 Å². The number of fused-ring (bicyclic) bond motifs is 1. The molecule has 0 unspecified atom stereocenters. The summed E-state index contributed by atoms with van der Waals surface area (Å²) < 4.78 is 21.0. The molecule has 1 aliphatic heterocycles. The number of rotatable bonds is 4. The van der Waals surface area contributed by atoms with Crippen molar-refractivity contribution in [1.29, 1.82) is 0 Å². The average molecular weight is 394 g/mol. The fourth-order valence-electron chi connectivity index (χ4n) is 3.59. The number of halogens is 1. The van der Waals surface area contributed by atoms with Gasteiger partial charge < -0.3 is 4.74 Å². The van der Waals surface area contributed by atoms with Crippen molar-refractivity contribution in [2.75, 3.05) is 19.7 Å². The van der Waals surface area contributed by atoms with Gasteiger partial charge in [0.1, 0.15) is 17.6 Å². The Morgan fingerprint density at radius 2 is 2.04 bits per heavy atom. The first-order valence-corrected chi connectivity index (χ1v) is 10.1. The van der Waals surface area contributed by atoms with Gasteiger partial charge in [0, 0.05) is 36.3 Å². The Morgan fingerprint density at radius 1 is 1.14 bits per heavy atom. The van der Waals surface area contributed by atoms with Crippen LogP contribution in [0.25, 0.3) is 16.0 Å². The Hall–Kier alpha value is -2.61. The number of thiophene rings is 1. The van der Waals surface area contributed by atoms with E-state index in [0.717, 1.165) is 42.0 Å². The highest BCUT2D eigenvalue weighted by molar-refractivity contribution is 7.13. The smallest absolute Gasteiger partial charge is 0.123 e. The molecule has 0 radical (unpaired) electrons. The third-order valence-corrected chi connectivity index (χ3v) is 5.94. The lowest BCUT2D eigenvalue weighted by Gasteiger charge is -2.32. The first kappa shape index (κ1) is 17.5. The van der Waals surface area contributed by atoms with Gasteiger partial charge in [-0.2, -0.15) is 0 Å². The fourth-order valence-corrected chi connectivity index (χ4v) is 4.31. The standard InChI is InChI=1S/C21H19FN4OS/c22-17-6-3-15(4-7-17)12-25-9-10-27-19(14-25)21-18-8-5-16(13-26(18)24-23-21)20-2-1-11-28-20/h1-8,11,13,19H,9-10,12,14H2/t19-/m1/s1. The maximum atomic E-state index is 13.1. The van der Waals surface area contributed by atoms with E-state index in [4.69, 9.17) is 4.74 Å². The molecule has 1 fully saturated rings. The van der Waals surface area contributed by atoms with Crippen LogP contribution in [0.2, 0.25) is 0 Å². The zero-order valence-electron chi connectivity index (χ0n) is 15.2. The first-order valence-electron chi connectivity index (χ1n) is 9.23. The minimum Gasteiger partial charge on any atom is -0.369 e. The SMILES string of the molecule is Fc1ccc(CN2CCO[C@@H](c3nnn4cc(-c5cccs5)ccc34)C2)cc1. The summed E-state index contributed by atoms with van der Waals surface area (Å²) in [6.45, 7) is 2.98. The second-order valence-electron chi connectivity index (χ2n) is 6.92. The van der Waals surface area contributed by atoms with Gasteiger partial charge in [0.15, 0.2) is 0 Å². The summed E-state index contributed by atoms with van der Waals surface area (Å²) in [5.41, 5.74) is 4.05. The van der Waals surface area contributed by atoms with Crippen molar-refractivity contribution >= 4 is 16.9 Å². The number of hydrogen-bond acceptors (Lipinski definition) is 5. The Kier molecular flexibility index (Phi) is 4.64. The minimum absolute atomic E-state index is 0.126. The molecule has 5 rings (SSSR count). The van der Waals surface area contributed by atoms with Crippen LogP contribution in [-0.2, 0) is 11.3 Å². The van der Waals surface area contributed by atoms with Crippen LogP contribution in [0.15, 0.2) is 60.1 Å². The molecule has 7 heteroatoms. The van der Waals surface area contributed by atoms with Gasteiger partial charge in [0.05, 0.1) is 12.1 Å². The summed E-state index contributed by atoms with van der Waals surface area (Å²) in [6, 6.07) is 15.0. The van der Waals surface area contributed by atoms with Crippen LogP contribution in [0.4, 0.5) is 4.39 Å². The van der Waals surface area contributed by atoms with E-state index in [2.05, 4.69) is 38.8 Å². The van der Waals surface area contributed by atoms with E-state index in [0.29, 0.717) is 6.61 Å². The van der Waals surface area contributed by atoms with E-state index in [1.165, 1.54) is 17.0 Å². The van der Waals surface area contributed by atoms with E-state index in [1.54, 1.807) is 11.3 Å². The number of morpholine rings is 1. The Balaban J connectivity index is 1.36. The molecule has 1 saturated heterocycles. The molecular formula is C21H19FN4OS. The number of aromatic nitrogens is 3. The number of ether oxygens (including phenoxy) is 1. The quantitative estimate of drug-likeness (QED) is 0.521. The third kappa shape index (κ3) is 3.44. The lowest BCUT2D eigenvalue weighted by Crippen LogP contribution is -2.38. The summed E-state index contributed by atoms with van der Waals surface area (Å²) in [5, 5.41) is 10.8. The molecule has 5 nitrogen and oxygen atoms in total. The summed E-state index contributed by atoms with van der Waals surface area (Å²) in [4.78, 5) is 3.52. The van der Waals surface area contributed by atoms with Crippen LogP contribution in [-0.4, -0.2) is 39.4 Å². The van der Waals surface area contributed by atoms with Gasteiger partial charge in [-0.05, 0) is 41.3 Å². The molecule has 1 atom stereocenters. The van der Waals surface area contributed by atoms with Crippen molar-refractivity contribution in [2.45, 2.75) is 12.6 Å². The predicted molar refractivity (Wildman–Crippen MR) is 107 cm³/mol. The van der Waals surface area contributed by atoms with Crippen LogP contribution in [0, 0.1) is 5.82 Å². The second-order valence-corrected chi connectivity index (χ2v) is 7.87. The molecule has 142 valence electrons. The summed E-state index contributed by atoms with van der Waals surface area (Å²) in [6.07, 6.45) is 1.89. The lowest BCUT2D eigenvalue weighted by atomic mass is 10.1. The van der Waals surface area contributed by atoms with E-state index in [1.807, 2.05) is 28.9 Å². The maximum absolute atomic E-state index is 13.1. The van der Waals surface area contributed by atoms with Crippen LogP contribution in [0.1, 0.15) is 17.4 Å². The van der Waals surface area contributed by atoms with Crippen molar-refractivity contribution in [1.82, 2.24) is 19.7 Å². The van der Waals surface area contributed by atoms with E-state index >= 15 is 0 Å². The molecule has 28 heavy (non-hydrogen) atoms. The van der Waals surface area contributed by atoms with Crippen molar-refractivity contribution in [3.05, 3.63) is 77.2 Å². The van der Waals surface area contributed by atoms with Gasteiger partial charge in [-0.25, -0.2) is 8.91 Å². The molecule has 4 heterocycles. The molecule has 0 amide bonds. The number of nitrogens with zero attached hydrogens (tertiary/aromatic N) is 4. The lowest BCUT2D eigenvalue weighted by molar-refractivity contribution is -0.0343. The summed E-state index contributed by atoms with van der Waals surface area (Å²) >= 11 is 1.71.